The minimum Gasteiger partial charge on any atom is -0.497 e. The van der Waals surface area contributed by atoms with E-state index in [4.69, 9.17) is 9.47 Å². The fourth-order valence-corrected chi connectivity index (χ4v) is 2.88. The number of carbonyl (C=O) groups excluding carboxylic acids is 1. The van der Waals surface area contributed by atoms with Gasteiger partial charge in [-0.3, -0.25) is 9.59 Å². The second-order valence-electron chi connectivity index (χ2n) is 6.52. The van der Waals surface area contributed by atoms with Crippen molar-refractivity contribution in [2.45, 2.75) is 12.7 Å². The van der Waals surface area contributed by atoms with Gasteiger partial charge in [-0.25, -0.2) is 9.07 Å². The van der Waals surface area contributed by atoms with Gasteiger partial charge in [-0.15, -0.1) is 0 Å². The van der Waals surface area contributed by atoms with Crippen molar-refractivity contribution in [1.82, 2.24) is 9.78 Å². The second kappa shape index (κ2) is 9.08. The predicted molar refractivity (Wildman–Crippen MR) is 107 cm³/mol. The van der Waals surface area contributed by atoms with E-state index in [1.807, 2.05) is 0 Å². The highest BCUT2D eigenvalue weighted by Gasteiger charge is 2.34. The minimum absolute atomic E-state index is 0.276. The van der Waals surface area contributed by atoms with Crippen molar-refractivity contribution in [2.75, 3.05) is 19.5 Å². The van der Waals surface area contributed by atoms with Gasteiger partial charge in [0, 0.05) is 17.3 Å². The van der Waals surface area contributed by atoms with Crippen LogP contribution in [-0.4, -0.2) is 29.9 Å². The lowest BCUT2D eigenvalue weighted by Crippen LogP contribution is -2.29. The van der Waals surface area contributed by atoms with Crippen LogP contribution in [0, 0.1) is 5.82 Å². The minimum atomic E-state index is -4.92. The SMILES string of the molecule is COc1ccc(OC)c(-c2ccc(=O)n(CC(=O)Nc3ccc(F)c(C(F)(F)F)c3)n2)c1. The molecule has 1 N–H and O–H groups in total. The Bertz CT molecular complexity index is 1210. The molecule has 0 atom stereocenters. The third kappa shape index (κ3) is 5.05. The Hall–Kier alpha value is -3.89. The van der Waals surface area contributed by atoms with Crippen molar-refractivity contribution in [3.63, 3.8) is 0 Å². The zero-order valence-corrected chi connectivity index (χ0v) is 16.9. The monoisotopic (exact) mass is 451 g/mol. The lowest BCUT2D eigenvalue weighted by molar-refractivity contribution is -0.140. The molecule has 0 unspecified atom stereocenters. The van der Waals surface area contributed by atoms with Crippen molar-refractivity contribution in [2.24, 2.45) is 0 Å². The Morgan fingerprint density at radius 2 is 1.81 bits per heavy atom. The van der Waals surface area contributed by atoms with Crippen molar-refractivity contribution < 1.29 is 31.8 Å². The van der Waals surface area contributed by atoms with E-state index in [0.29, 0.717) is 34.9 Å². The lowest BCUT2D eigenvalue weighted by Gasteiger charge is -2.13. The number of amides is 1. The van der Waals surface area contributed by atoms with Crippen LogP contribution in [-0.2, 0) is 17.5 Å². The summed E-state index contributed by atoms with van der Waals surface area (Å²) in [7, 11) is 2.93. The third-order valence-corrected chi connectivity index (χ3v) is 4.40. The van der Waals surface area contributed by atoms with Crippen LogP contribution < -0.4 is 20.3 Å². The summed E-state index contributed by atoms with van der Waals surface area (Å²) in [5.41, 5.74) is -1.61. The Balaban J connectivity index is 1.86. The van der Waals surface area contributed by atoms with Crippen LogP contribution in [0.3, 0.4) is 0 Å². The van der Waals surface area contributed by atoms with Gasteiger partial charge in [0.2, 0.25) is 5.91 Å². The van der Waals surface area contributed by atoms with Crippen LogP contribution in [0.25, 0.3) is 11.3 Å². The first-order valence-corrected chi connectivity index (χ1v) is 9.09. The number of methoxy groups -OCH3 is 2. The fraction of sp³-hybridized carbons (Fsp3) is 0.190. The molecular weight excluding hydrogens is 434 g/mol. The molecular formula is C21H17F4N3O4. The van der Waals surface area contributed by atoms with Gasteiger partial charge in [-0.2, -0.15) is 18.3 Å². The molecule has 168 valence electrons. The summed E-state index contributed by atoms with van der Waals surface area (Å²) >= 11 is 0. The highest BCUT2D eigenvalue weighted by atomic mass is 19.4. The van der Waals surface area contributed by atoms with Gasteiger partial charge in [0.25, 0.3) is 5.56 Å². The molecule has 2 aromatic carbocycles. The van der Waals surface area contributed by atoms with E-state index in [1.165, 1.54) is 26.4 Å². The van der Waals surface area contributed by atoms with E-state index in [9.17, 15) is 27.2 Å². The average molecular weight is 451 g/mol. The normalized spacial score (nSPS) is 11.2. The molecule has 0 aliphatic heterocycles. The zero-order valence-electron chi connectivity index (χ0n) is 16.9. The molecule has 3 rings (SSSR count). The molecule has 0 aliphatic carbocycles. The van der Waals surface area contributed by atoms with Crippen molar-refractivity contribution in [3.05, 3.63) is 70.3 Å². The maximum atomic E-state index is 13.4. The molecule has 11 heteroatoms. The topological polar surface area (TPSA) is 82.5 Å². The number of benzene rings is 2. The number of nitrogens with zero attached hydrogens (tertiary/aromatic N) is 2. The third-order valence-electron chi connectivity index (χ3n) is 4.40. The molecule has 1 aromatic heterocycles. The van der Waals surface area contributed by atoms with Gasteiger partial charge in [-0.05, 0) is 42.5 Å². The van der Waals surface area contributed by atoms with Crippen LogP contribution in [0.15, 0.2) is 53.3 Å². The van der Waals surface area contributed by atoms with Crippen molar-refractivity contribution in [1.29, 1.82) is 0 Å². The van der Waals surface area contributed by atoms with Gasteiger partial charge < -0.3 is 14.8 Å². The number of rotatable bonds is 6. The average Bonchev–Trinajstić information content (AvgIpc) is 2.75. The van der Waals surface area contributed by atoms with Crippen molar-refractivity contribution in [3.8, 4) is 22.8 Å². The first-order valence-electron chi connectivity index (χ1n) is 9.09. The summed E-state index contributed by atoms with van der Waals surface area (Å²) in [5, 5.41) is 6.35. The van der Waals surface area contributed by atoms with Crippen LogP contribution in [0.1, 0.15) is 5.56 Å². The number of anilines is 1. The maximum absolute atomic E-state index is 13.4. The summed E-state index contributed by atoms with van der Waals surface area (Å²) in [6.45, 7) is -0.586. The van der Waals surface area contributed by atoms with Gasteiger partial charge in [0.1, 0.15) is 23.9 Å². The first-order chi connectivity index (χ1) is 15.1. The highest BCUT2D eigenvalue weighted by Crippen LogP contribution is 2.33. The van der Waals surface area contributed by atoms with Gasteiger partial charge in [0.05, 0.1) is 25.5 Å². The number of nitrogens with one attached hydrogen (secondary N) is 1. The number of alkyl halides is 3. The second-order valence-corrected chi connectivity index (χ2v) is 6.52. The molecule has 0 fully saturated rings. The Kier molecular flexibility index (Phi) is 6.47. The maximum Gasteiger partial charge on any atom is 0.419 e. The molecule has 0 radical (unpaired) electrons. The number of hydrogen-bond donors (Lipinski definition) is 1. The van der Waals surface area contributed by atoms with E-state index >= 15 is 0 Å². The molecule has 32 heavy (non-hydrogen) atoms. The van der Waals surface area contributed by atoms with E-state index in [-0.39, 0.29) is 5.69 Å². The van der Waals surface area contributed by atoms with Gasteiger partial charge in [0.15, 0.2) is 0 Å². The molecule has 1 heterocycles. The molecule has 3 aromatic rings. The molecule has 1 amide bonds. The fourth-order valence-electron chi connectivity index (χ4n) is 2.88. The number of carbonyl (C=O) groups is 1. The number of ether oxygens (including phenoxy) is 2. The first kappa shape index (κ1) is 22.8. The lowest BCUT2D eigenvalue weighted by atomic mass is 10.1. The quantitative estimate of drug-likeness (QED) is 0.578. The van der Waals surface area contributed by atoms with Crippen LogP contribution in [0.4, 0.5) is 23.2 Å². The van der Waals surface area contributed by atoms with E-state index in [2.05, 4.69) is 10.4 Å². The highest BCUT2D eigenvalue weighted by molar-refractivity contribution is 5.90. The summed E-state index contributed by atoms with van der Waals surface area (Å²) in [5.74, 6) is -1.34. The number of halogens is 4. The Morgan fingerprint density at radius 1 is 1.06 bits per heavy atom. The van der Waals surface area contributed by atoms with Gasteiger partial charge in [-0.1, -0.05) is 0 Å². The number of aromatic nitrogens is 2. The largest absolute Gasteiger partial charge is 0.497 e. The van der Waals surface area contributed by atoms with Crippen molar-refractivity contribution >= 4 is 11.6 Å². The summed E-state index contributed by atoms with van der Waals surface area (Å²) < 4.78 is 63.3. The summed E-state index contributed by atoms with van der Waals surface area (Å²) in [4.78, 5) is 24.5. The molecule has 0 spiro atoms. The molecule has 0 bridgehead atoms. The Morgan fingerprint density at radius 3 is 2.47 bits per heavy atom. The Labute approximate surface area is 179 Å². The van der Waals surface area contributed by atoms with Crippen LogP contribution >= 0.6 is 0 Å². The molecule has 7 nitrogen and oxygen atoms in total. The summed E-state index contributed by atoms with van der Waals surface area (Å²) in [6.07, 6.45) is -4.92. The standard InChI is InChI=1S/C21H17F4N3O4/c1-31-13-4-7-18(32-2)14(10-13)17-6-8-20(30)28(27-17)11-19(29)26-12-3-5-16(22)15(9-12)21(23,24)25/h3-10H,11H2,1-2H3,(H,26,29). The van der Waals surface area contributed by atoms with Crippen LogP contribution in [0.2, 0.25) is 0 Å². The number of hydrogen-bond acceptors (Lipinski definition) is 5. The molecule has 0 saturated carbocycles. The van der Waals surface area contributed by atoms with Gasteiger partial charge >= 0.3 is 6.18 Å². The van der Waals surface area contributed by atoms with E-state index in [1.54, 1.807) is 18.2 Å². The molecule has 0 saturated heterocycles. The smallest absolute Gasteiger partial charge is 0.419 e. The summed E-state index contributed by atoms with van der Waals surface area (Å²) in [6, 6.07) is 9.62. The predicted octanol–water partition coefficient (Wildman–Crippen LogP) is 3.72. The van der Waals surface area contributed by atoms with E-state index in [0.717, 1.165) is 10.7 Å². The van der Waals surface area contributed by atoms with E-state index < -0.39 is 35.6 Å². The zero-order chi connectivity index (χ0) is 23.5. The van der Waals surface area contributed by atoms with Crippen LogP contribution in [0.5, 0.6) is 11.5 Å². The molecule has 0 aliphatic rings.